The monoisotopic (exact) mass is 385 g/mol. The first-order valence-corrected chi connectivity index (χ1v) is 9.68. The lowest BCUT2D eigenvalue weighted by Crippen LogP contribution is -2.48. The lowest BCUT2D eigenvalue weighted by molar-refractivity contribution is -0.139. The van der Waals surface area contributed by atoms with E-state index in [9.17, 15) is 14.4 Å². The number of hydrogen-bond acceptors (Lipinski definition) is 3. The van der Waals surface area contributed by atoms with E-state index in [1.54, 1.807) is 24.8 Å². The summed E-state index contributed by atoms with van der Waals surface area (Å²) >= 11 is 6.45. The summed E-state index contributed by atoms with van der Waals surface area (Å²) in [4.78, 5) is 39.4. The molecule has 4 nitrogen and oxygen atoms in total. The van der Waals surface area contributed by atoms with E-state index in [1.807, 2.05) is 13.0 Å². The molecule has 1 amide bonds. The van der Waals surface area contributed by atoms with E-state index in [2.05, 4.69) is 11.8 Å². The zero-order chi connectivity index (χ0) is 19.8. The summed E-state index contributed by atoms with van der Waals surface area (Å²) in [5.41, 5.74) is 1.94. The van der Waals surface area contributed by atoms with Crippen LogP contribution in [0.25, 0.3) is 0 Å². The molecule has 3 rings (SSSR count). The van der Waals surface area contributed by atoms with Crippen molar-refractivity contribution < 1.29 is 14.4 Å². The Balaban J connectivity index is 1.85. The number of benzene rings is 1. The minimum absolute atomic E-state index is 0.0499. The van der Waals surface area contributed by atoms with Gasteiger partial charge in [0.05, 0.1) is 0 Å². The van der Waals surface area contributed by atoms with E-state index < -0.39 is 5.92 Å². The molecule has 0 bridgehead atoms. The highest BCUT2D eigenvalue weighted by molar-refractivity contribution is 6.32. The lowest BCUT2D eigenvalue weighted by Gasteiger charge is -2.44. The number of nitrogens with zero attached hydrogens (tertiary/aromatic N) is 1. The maximum Gasteiger partial charge on any atom is 0.219 e. The van der Waals surface area contributed by atoms with Crippen molar-refractivity contribution in [3.05, 3.63) is 33.8 Å². The number of carbonyl (C=O) groups is 3. The highest BCUT2D eigenvalue weighted by atomic mass is 35.5. The molecule has 0 radical (unpaired) electrons. The molecule has 1 aromatic rings. The summed E-state index contributed by atoms with van der Waals surface area (Å²) < 4.78 is 0. The highest BCUT2D eigenvalue weighted by Gasteiger charge is 2.47. The molecule has 5 heteroatoms. The molecular formula is C22H24ClNO3. The summed E-state index contributed by atoms with van der Waals surface area (Å²) in [6.07, 6.45) is 2.16. The van der Waals surface area contributed by atoms with Crippen molar-refractivity contribution >= 4 is 29.1 Å². The first-order valence-electron chi connectivity index (χ1n) is 9.30. The second-order valence-electron chi connectivity index (χ2n) is 7.79. The molecule has 0 N–H and O–H groups in total. The van der Waals surface area contributed by atoms with Gasteiger partial charge in [-0.1, -0.05) is 17.5 Å². The molecule has 2 fully saturated rings. The number of hydrogen-bond donors (Lipinski definition) is 0. The minimum Gasteiger partial charge on any atom is -0.343 e. The van der Waals surface area contributed by atoms with Gasteiger partial charge in [-0.2, -0.15) is 0 Å². The molecule has 0 unspecified atom stereocenters. The van der Waals surface area contributed by atoms with Gasteiger partial charge in [0.25, 0.3) is 0 Å². The number of piperidine rings is 1. The topological polar surface area (TPSA) is 54.5 Å². The third kappa shape index (κ3) is 3.80. The van der Waals surface area contributed by atoms with E-state index in [0.29, 0.717) is 49.4 Å². The summed E-state index contributed by atoms with van der Waals surface area (Å²) in [5.74, 6) is 4.96. The molecule has 1 spiro atoms. The third-order valence-corrected chi connectivity index (χ3v) is 6.22. The Morgan fingerprint density at radius 3 is 2.26 bits per heavy atom. The average Bonchev–Trinajstić information content (AvgIpc) is 2.57. The quantitative estimate of drug-likeness (QED) is 0.547. The van der Waals surface area contributed by atoms with Crippen LogP contribution in [-0.2, 0) is 14.4 Å². The van der Waals surface area contributed by atoms with Crippen LogP contribution < -0.4 is 0 Å². The number of amides is 1. The van der Waals surface area contributed by atoms with Gasteiger partial charge in [-0.3, -0.25) is 14.4 Å². The van der Waals surface area contributed by atoms with Crippen molar-refractivity contribution in [3.63, 3.8) is 0 Å². The fraction of sp³-hybridized carbons (Fsp3) is 0.500. The lowest BCUT2D eigenvalue weighted by atomic mass is 9.63. The van der Waals surface area contributed by atoms with Crippen molar-refractivity contribution in [1.82, 2.24) is 4.90 Å². The first-order chi connectivity index (χ1) is 12.8. The Bertz CT molecular complexity index is 826. The van der Waals surface area contributed by atoms with E-state index in [4.69, 9.17) is 11.6 Å². The van der Waals surface area contributed by atoms with Crippen molar-refractivity contribution in [2.24, 2.45) is 5.41 Å². The fourth-order valence-electron chi connectivity index (χ4n) is 4.49. The summed E-state index contributed by atoms with van der Waals surface area (Å²) in [7, 11) is 0. The number of carbonyl (C=O) groups excluding carboxylic acids is 3. The molecular weight excluding hydrogens is 362 g/mol. The van der Waals surface area contributed by atoms with Crippen molar-refractivity contribution in [1.29, 1.82) is 0 Å². The zero-order valence-electron chi connectivity index (χ0n) is 16.0. The Hall–Kier alpha value is -2.12. The van der Waals surface area contributed by atoms with Crippen molar-refractivity contribution in [3.8, 4) is 11.8 Å². The SMILES string of the molecule is CC#Cc1cc(C)c(C2C(=O)CC3(CCN(C(C)=O)CC3)CC2=O)c(Cl)c1. The van der Waals surface area contributed by atoms with Gasteiger partial charge < -0.3 is 4.90 Å². The van der Waals surface area contributed by atoms with Crippen molar-refractivity contribution in [2.45, 2.75) is 52.4 Å². The van der Waals surface area contributed by atoms with Gasteiger partial charge in [-0.15, -0.1) is 5.92 Å². The Morgan fingerprint density at radius 1 is 1.19 bits per heavy atom. The average molecular weight is 386 g/mol. The first kappa shape index (κ1) is 19.6. The number of likely N-dealkylation sites (tertiary alicyclic amines) is 1. The molecule has 1 aromatic carbocycles. The molecule has 1 saturated carbocycles. The number of halogens is 1. The normalized spacial score (nSPS) is 19.8. The van der Waals surface area contributed by atoms with Gasteiger partial charge in [0.15, 0.2) is 0 Å². The summed E-state index contributed by atoms with van der Waals surface area (Å²) in [6, 6.07) is 3.62. The van der Waals surface area contributed by atoms with E-state index >= 15 is 0 Å². The predicted molar refractivity (Wildman–Crippen MR) is 105 cm³/mol. The molecule has 1 saturated heterocycles. The minimum atomic E-state index is -0.780. The fourth-order valence-corrected chi connectivity index (χ4v) is 4.87. The van der Waals surface area contributed by atoms with Crippen LogP contribution >= 0.6 is 11.6 Å². The highest BCUT2D eigenvalue weighted by Crippen LogP contribution is 2.47. The van der Waals surface area contributed by atoms with Gasteiger partial charge in [0, 0.05) is 43.4 Å². The van der Waals surface area contributed by atoms with Crippen LogP contribution in [0.3, 0.4) is 0 Å². The third-order valence-electron chi connectivity index (χ3n) is 5.91. The van der Waals surface area contributed by atoms with E-state index in [1.165, 1.54) is 0 Å². The number of rotatable bonds is 1. The summed E-state index contributed by atoms with van der Waals surface area (Å²) in [5, 5.41) is 0.432. The molecule has 1 heterocycles. The van der Waals surface area contributed by atoms with Crippen LogP contribution in [0.2, 0.25) is 5.02 Å². The van der Waals surface area contributed by atoms with Crippen LogP contribution in [0.15, 0.2) is 12.1 Å². The molecule has 142 valence electrons. The Morgan fingerprint density at radius 2 is 1.78 bits per heavy atom. The standard InChI is InChI=1S/C22H24ClNO3/c1-4-5-16-10-14(2)20(17(23)11-16)21-18(26)12-22(13-19(21)27)6-8-24(9-7-22)15(3)25/h10-11,21H,6-9,12-13H2,1-3H3. The second kappa shape index (κ2) is 7.48. The van der Waals surface area contributed by atoms with Crippen LogP contribution in [0, 0.1) is 24.2 Å². The molecule has 2 aliphatic rings. The second-order valence-corrected chi connectivity index (χ2v) is 8.20. The molecule has 1 aliphatic heterocycles. The van der Waals surface area contributed by atoms with Gasteiger partial charge in [-0.05, 0) is 55.4 Å². The van der Waals surface area contributed by atoms with E-state index in [-0.39, 0.29) is 22.9 Å². The van der Waals surface area contributed by atoms with Crippen LogP contribution in [0.1, 0.15) is 62.1 Å². The van der Waals surface area contributed by atoms with Crippen LogP contribution in [0.4, 0.5) is 0 Å². The molecule has 27 heavy (non-hydrogen) atoms. The maximum absolute atomic E-state index is 13.0. The number of ketones is 2. The zero-order valence-corrected chi connectivity index (χ0v) is 16.8. The van der Waals surface area contributed by atoms with Crippen LogP contribution in [0.5, 0.6) is 0 Å². The van der Waals surface area contributed by atoms with E-state index in [0.717, 1.165) is 11.1 Å². The van der Waals surface area contributed by atoms with Gasteiger partial charge >= 0.3 is 0 Å². The molecule has 1 aliphatic carbocycles. The number of aryl methyl sites for hydroxylation is 1. The molecule has 0 atom stereocenters. The summed E-state index contributed by atoms with van der Waals surface area (Å²) in [6.45, 7) is 6.42. The maximum atomic E-state index is 13.0. The Labute approximate surface area is 165 Å². The Kier molecular flexibility index (Phi) is 5.44. The number of Topliss-reactive ketones (excluding diaryl/α,β-unsaturated/α-hetero) is 2. The largest absolute Gasteiger partial charge is 0.343 e. The van der Waals surface area contributed by atoms with Crippen molar-refractivity contribution in [2.75, 3.05) is 13.1 Å². The van der Waals surface area contributed by atoms with Gasteiger partial charge in [-0.25, -0.2) is 0 Å². The predicted octanol–water partition coefficient (Wildman–Crippen LogP) is 3.66. The van der Waals surface area contributed by atoms with Crippen LogP contribution in [-0.4, -0.2) is 35.5 Å². The molecule has 0 aromatic heterocycles. The van der Waals surface area contributed by atoms with Gasteiger partial charge in [0.2, 0.25) is 5.91 Å². The smallest absolute Gasteiger partial charge is 0.219 e. The van der Waals surface area contributed by atoms with Gasteiger partial charge in [0.1, 0.15) is 17.5 Å².